The molecule has 0 N–H and O–H groups in total. The first-order valence-corrected chi connectivity index (χ1v) is 9.24. The van der Waals surface area contributed by atoms with Crippen LogP contribution in [0.15, 0.2) is 28.8 Å². The summed E-state index contributed by atoms with van der Waals surface area (Å²) in [6.07, 6.45) is 5.55. The van der Waals surface area contributed by atoms with Gasteiger partial charge in [0.25, 0.3) is 0 Å². The Morgan fingerprint density at radius 2 is 2.04 bits per heavy atom. The molecule has 1 saturated carbocycles. The third-order valence-electron chi connectivity index (χ3n) is 4.91. The molecular weight excluding hydrogens is 314 g/mol. The topological polar surface area (TPSA) is 59.2 Å². The zero-order valence-corrected chi connectivity index (χ0v) is 15.4. The van der Waals surface area contributed by atoms with Crippen LogP contribution in [0.4, 0.5) is 0 Å². The van der Waals surface area contributed by atoms with Gasteiger partial charge in [-0.2, -0.15) is 4.98 Å². The van der Waals surface area contributed by atoms with Crippen molar-refractivity contribution in [2.24, 2.45) is 5.92 Å². The number of hydrogen-bond donors (Lipinski definition) is 0. The standard InChI is InChI=1S/C20H27N3O2/c1-14(2)23(20(24)16-9-5-4-6-10-16)13-18-21-19(22-25-18)17-11-7-8-15(3)12-17/h7-8,11-12,14,16H,4-6,9-10,13H2,1-3H3. The zero-order valence-electron chi connectivity index (χ0n) is 15.4. The van der Waals surface area contributed by atoms with Crippen molar-refractivity contribution >= 4 is 5.91 Å². The second kappa shape index (κ2) is 7.81. The quantitative estimate of drug-likeness (QED) is 0.810. The molecule has 0 aliphatic heterocycles. The van der Waals surface area contributed by atoms with E-state index in [1.54, 1.807) is 0 Å². The Morgan fingerprint density at radius 3 is 2.72 bits per heavy atom. The van der Waals surface area contributed by atoms with E-state index in [0.717, 1.165) is 36.8 Å². The molecule has 5 heteroatoms. The van der Waals surface area contributed by atoms with Crippen LogP contribution in [0.1, 0.15) is 57.4 Å². The van der Waals surface area contributed by atoms with Crippen LogP contribution in [0.25, 0.3) is 11.4 Å². The van der Waals surface area contributed by atoms with E-state index in [1.165, 1.54) is 6.42 Å². The molecule has 1 fully saturated rings. The van der Waals surface area contributed by atoms with E-state index in [1.807, 2.05) is 49.9 Å². The highest BCUT2D eigenvalue weighted by Crippen LogP contribution is 2.27. The highest BCUT2D eigenvalue weighted by Gasteiger charge is 2.28. The fourth-order valence-corrected chi connectivity index (χ4v) is 3.47. The molecule has 1 aliphatic rings. The Morgan fingerprint density at radius 1 is 1.28 bits per heavy atom. The molecule has 1 amide bonds. The Hall–Kier alpha value is -2.17. The van der Waals surface area contributed by atoms with Crippen molar-refractivity contribution in [3.8, 4) is 11.4 Å². The summed E-state index contributed by atoms with van der Waals surface area (Å²) in [5.41, 5.74) is 2.09. The minimum atomic E-state index is 0.115. The summed E-state index contributed by atoms with van der Waals surface area (Å²) in [6, 6.07) is 8.13. The van der Waals surface area contributed by atoms with Crippen molar-refractivity contribution in [2.45, 2.75) is 65.5 Å². The lowest BCUT2D eigenvalue weighted by Gasteiger charge is -2.31. The van der Waals surface area contributed by atoms with Gasteiger partial charge in [0.2, 0.25) is 17.6 Å². The first-order chi connectivity index (χ1) is 12.0. The average Bonchev–Trinajstić information content (AvgIpc) is 3.08. The predicted molar refractivity (Wildman–Crippen MR) is 96.7 cm³/mol. The average molecular weight is 341 g/mol. The van der Waals surface area contributed by atoms with E-state index in [-0.39, 0.29) is 17.9 Å². The van der Waals surface area contributed by atoms with Crippen LogP contribution in [0.5, 0.6) is 0 Å². The molecule has 1 aromatic heterocycles. The van der Waals surface area contributed by atoms with Crippen LogP contribution in [0.3, 0.4) is 0 Å². The Labute approximate surface area is 149 Å². The molecule has 1 aromatic carbocycles. The van der Waals surface area contributed by atoms with Gasteiger partial charge in [0.05, 0.1) is 0 Å². The molecule has 5 nitrogen and oxygen atoms in total. The summed E-state index contributed by atoms with van der Waals surface area (Å²) < 4.78 is 5.42. The van der Waals surface area contributed by atoms with Gasteiger partial charge < -0.3 is 9.42 Å². The van der Waals surface area contributed by atoms with Gasteiger partial charge >= 0.3 is 0 Å². The third-order valence-corrected chi connectivity index (χ3v) is 4.91. The van der Waals surface area contributed by atoms with Crippen LogP contribution >= 0.6 is 0 Å². The molecule has 3 rings (SSSR count). The molecule has 0 radical (unpaired) electrons. The molecule has 0 unspecified atom stereocenters. The summed E-state index contributed by atoms with van der Waals surface area (Å²) in [4.78, 5) is 19.3. The maximum atomic E-state index is 12.9. The van der Waals surface area contributed by atoms with E-state index < -0.39 is 0 Å². The smallest absolute Gasteiger partial charge is 0.246 e. The number of aromatic nitrogens is 2. The summed E-state index contributed by atoms with van der Waals surface area (Å²) >= 11 is 0. The maximum Gasteiger partial charge on any atom is 0.246 e. The molecule has 2 aromatic rings. The number of benzene rings is 1. The van der Waals surface area contributed by atoms with Crippen molar-refractivity contribution in [3.63, 3.8) is 0 Å². The van der Waals surface area contributed by atoms with E-state index in [0.29, 0.717) is 18.3 Å². The number of carbonyl (C=O) groups excluding carboxylic acids is 1. The largest absolute Gasteiger partial charge is 0.337 e. The molecule has 25 heavy (non-hydrogen) atoms. The highest BCUT2D eigenvalue weighted by molar-refractivity contribution is 5.79. The first-order valence-electron chi connectivity index (χ1n) is 9.24. The summed E-state index contributed by atoms with van der Waals surface area (Å²) in [6.45, 7) is 6.50. The number of aryl methyl sites for hydroxylation is 1. The van der Waals surface area contributed by atoms with E-state index in [2.05, 4.69) is 10.1 Å². The number of carbonyl (C=O) groups is 1. The summed E-state index contributed by atoms with van der Waals surface area (Å²) in [5.74, 6) is 1.45. The SMILES string of the molecule is Cc1cccc(-c2noc(CN(C(=O)C3CCCCC3)C(C)C)n2)c1. The van der Waals surface area contributed by atoms with Gasteiger partial charge in [-0.25, -0.2) is 0 Å². The molecule has 0 saturated heterocycles. The number of nitrogens with zero attached hydrogens (tertiary/aromatic N) is 3. The first kappa shape index (κ1) is 17.6. The van der Waals surface area contributed by atoms with Gasteiger partial charge in [0.1, 0.15) is 6.54 Å². The predicted octanol–water partition coefficient (Wildman–Crippen LogP) is 4.36. The maximum absolute atomic E-state index is 12.9. The van der Waals surface area contributed by atoms with Crippen LogP contribution in [-0.4, -0.2) is 27.0 Å². The van der Waals surface area contributed by atoms with Gasteiger partial charge in [0.15, 0.2) is 0 Å². The Kier molecular flexibility index (Phi) is 5.51. The number of rotatable bonds is 5. The van der Waals surface area contributed by atoms with Crippen molar-refractivity contribution in [3.05, 3.63) is 35.7 Å². The Balaban J connectivity index is 1.73. The van der Waals surface area contributed by atoms with Crippen molar-refractivity contribution < 1.29 is 9.32 Å². The third kappa shape index (κ3) is 4.27. The zero-order chi connectivity index (χ0) is 17.8. The number of amides is 1. The normalized spacial score (nSPS) is 15.5. The van der Waals surface area contributed by atoms with Crippen LogP contribution in [0.2, 0.25) is 0 Å². The van der Waals surface area contributed by atoms with Gasteiger partial charge in [-0.15, -0.1) is 0 Å². The van der Waals surface area contributed by atoms with Gasteiger partial charge in [0, 0.05) is 17.5 Å². The van der Waals surface area contributed by atoms with Gasteiger partial charge in [-0.1, -0.05) is 48.2 Å². The van der Waals surface area contributed by atoms with E-state index in [4.69, 9.17) is 4.52 Å². The van der Waals surface area contributed by atoms with Crippen molar-refractivity contribution in [1.29, 1.82) is 0 Å². The van der Waals surface area contributed by atoms with Crippen LogP contribution in [-0.2, 0) is 11.3 Å². The minimum Gasteiger partial charge on any atom is -0.337 e. The van der Waals surface area contributed by atoms with Gasteiger partial charge in [-0.05, 0) is 39.7 Å². The highest BCUT2D eigenvalue weighted by atomic mass is 16.5. The fourth-order valence-electron chi connectivity index (χ4n) is 3.47. The van der Waals surface area contributed by atoms with Crippen molar-refractivity contribution in [1.82, 2.24) is 15.0 Å². The van der Waals surface area contributed by atoms with E-state index >= 15 is 0 Å². The molecule has 134 valence electrons. The molecule has 1 aliphatic carbocycles. The lowest BCUT2D eigenvalue weighted by atomic mass is 9.88. The van der Waals surface area contributed by atoms with Crippen LogP contribution < -0.4 is 0 Å². The van der Waals surface area contributed by atoms with Crippen molar-refractivity contribution in [2.75, 3.05) is 0 Å². The second-order valence-corrected chi connectivity index (χ2v) is 7.28. The monoisotopic (exact) mass is 341 g/mol. The lowest BCUT2D eigenvalue weighted by Crippen LogP contribution is -2.41. The Bertz CT molecular complexity index is 717. The number of hydrogen-bond acceptors (Lipinski definition) is 4. The van der Waals surface area contributed by atoms with Crippen LogP contribution in [0, 0.1) is 12.8 Å². The van der Waals surface area contributed by atoms with Gasteiger partial charge in [-0.3, -0.25) is 4.79 Å². The van der Waals surface area contributed by atoms with E-state index in [9.17, 15) is 4.79 Å². The summed E-state index contributed by atoms with van der Waals surface area (Å²) in [5, 5.41) is 4.09. The molecule has 0 bridgehead atoms. The fraction of sp³-hybridized carbons (Fsp3) is 0.550. The minimum absolute atomic E-state index is 0.115. The summed E-state index contributed by atoms with van der Waals surface area (Å²) in [7, 11) is 0. The second-order valence-electron chi connectivity index (χ2n) is 7.28. The molecule has 0 spiro atoms. The molecular formula is C20H27N3O2. The lowest BCUT2D eigenvalue weighted by molar-refractivity contribution is -0.139. The molecule has 1 heterocycles. The molecule has 0 atom stereocenters.